The molecule has 0 spiro atoms. The molecule has 2 nitrogen and oxygen atoms in total. The minimum Gasteiger partial charge on any atom is -0.368 e. The minimum atomic E-state index is -0.179. The van der Waals surface area contributed by atoms with Gasteiger partial charge in [-0.15, -0.1) is 0 Å². The van der Waals surface area contributed by atoms with E-state index in [2.05, 4.69) is 30.4 Å². The van der Waals surface area contributed by atoms with Crippen molar-refractivity contribution in [3.05, 3.63) is 65.5 Å². The van der Waals surface area contributed by atoms with E-state index < -0.39 is 0 Å². The van der Waals surface area contributed by atoms with E-state index in [1.807, 2.05) is 30.1 Å². The van der Waals surface area contributed by atoms with Gasteiger partial charge >= 0.3 is 0 Å². The lowest BCUT2D eigenvalue weighted by atomic mass is 10.1. The molecule has 2 aromatic carbocycles. The molecular weight excluding hydrogens is 263 g/mol. The van der Waals surface area contributed by atoms with Crippen molar-refractivity contribution in [2.45, 2.75) is 26.4 Å². The average molecular weight is 286 g/mol. The van der Waals surface area contributed by atoms with Crippen LogP contribution in [0.5, 0.6) is 0 Å². The van der Waals surface area contributed by atoms with Gasteiger partial charge in [-0.25, -0.2) is 4.39 Å². The quantitative estimate of drug-likeness (QED) is 0.775. The maximum atomic E-state index is 13.8. The summed E-state index contributed by atoms with van der Waals surface area (Å²) in [5.41, 5.74) is 3.13. The first-order chi connectivity index (χ1) is 10.2. The topological polar surface area (TPSA) is 15.3 Å². The van der Waals surface area contributed by atoms with Crippen molar-refractivity contribution in [2.24, 2.45) is 0 Å². The third-order valence-electron chi connectivity index (χ3n) is 3.53. The smallest absolute Gasteiger partial charge is 0.146 e. The Kier molecular flexibility index (Phi) is 5.76. The number of rotatable bonds is 7. The lowest BCUT2D eigenvalue weighted by Crippen LogP contribution is -2.20. The third-order valence-corrected chi connectivity index (χ3v) is 3.53. The van der Waals surface area contributed by atoms with Gasteiger partial charge in [-0.2, -0.15) is 0 Å². The van der Waals surface area contributed by atoms with Crippen molar-refractivity contribution >= 4 is 5.69 Å². The number of halogens is 1. The van der Waals surface area contributed by atoms with Gasteiger partial charge in [0, 0.05) is 20.1 Å². The molecular formula is C18H23FN2. The van der Waals surface area contributed by atoms with E-state index in [0.717, 1.165) is 19.5 Å². The largest absolute Gasteiger partial charge is 0.368 e. The molecule has 3 heteroatoms. The molecule has 2 aromatic rings. The Morgan fingerprint density at radius 1 is 1.00 bits per heavy atom. The molecule has 0 aliphatic heterocycles. The van der Waals surface area contributed by atoms with Crippen molar-refractivity contribution in [1.29, 1.82) is 0 Å². The summed E-state index contributed by atoms with van der Waals surface area (Å²) < 4.78 is 13.8. The van der Waals surface area contributed by atoms with Crippen LogP contribution in [0.3, 0.4) is 0 Å². The summed E-state index contributed by atoms with van der Waals surface area (Å²) in [6, 6.07) is 15.2. The third kappa shape index (κ3) is 4.30. The minimum absolute atomic E-state index is 0.179. The van der Waals surface area contributed by atoms with Crippen molar-refractivity contribution in [1.82, 2.24) is 5.32 Å². The number of hydrogen-bond acceptors (Lipinski definition) is 2. The van der Waals surface area contributed by atoms with Gasteiger partial charge in [0.05, 0.1) is 5.69 Å². The lowest BCUT2D eigenvalue weighted by molar-refractivity contribution is 0.621. The first kappa shape index (κ1) is 15.5. The highest BCUT2D eigenvalue weighted by Gasteiger charge is 2.09. The summed E-state index contributed by atoms with van der Waals surface area (Å²) in [6.07, 6.45) is 1.12. The molecule has 0 fully saturated rings. The van der Waals surface area contributed by atoms with Crippen LogP contribution in [0.25, 0.3) is 0 Å². The van der Waals surface area contributed by atoms with E-state index in [1.165, 1.54) is 17.2 Å². The van der Waals surface area contributed by atoms with Gasteiger partial charge in [0.15, 0.2) is 0 Å². The number of para-hydroxylation sites is 1. The van der Waals surface area contributed by atoms with Crippen LogP contribution in [0.1, 0.15) is 24.5 Å². The summed E-state index contributed by atoms with van der Waals surface area (Å²) in [5.74, 6) is -0.179. The average Bonchev–Trinajstić information content (AvgIpc) is 2.49. The highest BCUT2D eigenvalue weighted by atomic mass is 19.1. The van der Waals surface area contributed by atoms with Gasteiger partial charge in [-0.05, 0) is 36.2 Å². The molecule has 0 atom stereocenters. The number of nitrogens with one attached hydrogen (secondary N) is 1. The number of hydrogen-bond donors (Lipinski definition) is 1. The number of anilines is 1. The molecule has 0 radical (unpaired) electrons. The second-order valence-electron chi connectivity index (χ2n) is 5.25. The van der Waals surface area contributed by atoms with Gasteiger partial charge < -0.3 is 10.2 Å². The van der Waals surface area contributed by atoms with E-state index in [4.69, 9.17) is 0 Å². The van der Waals surface area contributed by atoms with Crippen LogP contribution in [0, 0.1) is 5.82 Å². The highest BCUT2D eigenvalue weighted by molar-refractivity contribution is 5.47. The van der Waals surface area contributed by atoms with E-state index in [1.54, 1.807) is 6.07 Å². The maximum absolute atomic E-state index is 13.8. The Balaban J connectivity index is 2.10. The molecule has 21 heavy (non-hydrogen) atoms. The first-order valence-electron chi connectivity index (χ1n) is 7.45. The summed E-state index contributed by atoms with van der Waals surface area (Å²) in [4.78, 5) is 1.95. The molecule has 0 bridgehead atoms. The van der Waals surface area contributed by atoms with Crippen LogP contribution < -0.4 is 10.2 Å². The Hall–Kier alpha value is -1.87. The van der Waals surface area contributed by atoms with Crippen LogP contribution in [0.15, 0.2) is 48.5 Å². The summed E-state index contributed by atoms with van der Waals surface area (Å²) in [5, 5.41) is 3.42. The van der Waals surface area contributed by atoms with Crippen LogP contribution in [0.4, 0.5) is 10.1 Å². The zero-order valence-corrected chi connectivity index (χ0v) is 12.8. The van der Waals surface area contributed by atoms with Gasteiger partial charge in [0.1, 0.15) is 5.82 Å². The predicted molar refractivity (Wildman–Crippen MR) is 86.9 cm³/mol. The summed E-state index contributed by atoms with van der Waals surface area (Å²) >= 11 is 0. The summed E-state index contributed by atoms with van der Waals surface area (Å²) in [6.45, 7) is 4.72. The predicted octanol–water partition coefficient (Wildman–Crippen LogP) is 3.96. The fourth-order valence-electron chi connectivity index (χ4n) is 2.39. The number of nitrogens with zero attached hydrogens (tertiary/aromatic N) is 1. The number of benzene rings is 2. The highest BCUT2D eigenvalue weighted by Crippen LogP contribution is 2.20. The molecule has 0 aliphatic rings. The van der Waals surface area contributed by atoms with Crippen LogP contribution in [-0.4, -0.2) is 13.6 Å². The molecule has 2 rings (SSSR count). The summed E-state index contributed by atoms with van der Waals surface area (Å²) in [7, 11) is 1.93. The van der Waals surface area contributed by atoms with Crippen LogP contribution in [-0.2, 0) is 13.1 Å². The van der Waals surface area contributed by atoms with E-state index >= 15 is 0 Å². The lowest BCUT2D eigenvalue weighted by Gasteiger charge is -2.21. The Labute approximate surface area is 126 Å². The van der Waals surface area contributed by atoms with Gasteiger partial charge in [-0.3, -0.25) is 0 Å². The van der Waals surface area contributed by atoms with Crippen molar-refractivity contribution in [3.8, 4) is 0 Å². The molecule has 0 aromatic heterocycles. The molecule has 0 heterocycles. The van der Waals surface area contributed by atoms with Gasteiger partial charge in [-0.1, -0.05) is 43.3 Å². The van der Waals surface area contributed by atoms with Gasteiger partial charge in [0.25, 0.3) is 0 Å². The van der Waals surface area contributed by atoms with Crippen molar-refractivity contribution in [2.75, 3.05) is 18.5 Å². The molecule has 0 saturated carbocycles. The fourth-order valence-corrected chi connectivity index (χ4v) is 2.39. The van der Waals surface area contributed by atoms with E-state index in [0.29, 0.717) is 12.2 Å². The Morgan fingerprint density at radius 2 is 1.67 bits per heavy atom. The second-order valence-corrected chi connectivity index (χ2v) is 5.25. The molecule has 0 aliphatic carbocycles. The van der Waals surface area contributed by atoms with Crippen LogP contribution in [0.2, 0.25) is 0 Å². The van der Waals surface area contributed by atoms with E-state index in [-0.39, 0.29) is 5.82 Å². The second kappa shape index (κ2) is 7.79. The molecule has 0 amide bonds. The monoisotopic (exact) mass is 286 g/mol. The maximum Gasteiger partial charge on any atom is 0.146 e. The zero-order valence-electron chi connectivity index (χ0n) is 12.8. The Morgan fingerprint density at radius 3 is 2.38 bits per heavy atom. The fraction of sp³-hybridized carbons (Fsp3) is 0.333. The normalized spacial score (nSPS) is 10.6. The SMILES string of the molecule is CCCNCc1ccccc1CN(C)c1ccccc1F. The van der Waals surface area contributed by atoms with Gasteiger partial charge in [0.2, 0.25) is 0 Å². The standard InChI is InChI=1S/C18H23FN2/c1-3-12-20-13-15-8-4-5-9-16(15)14-21(2)18-11-7-6-10-17(18)19/h4-11,20H,3,12-14H2,1-2H3. The molecule has 1 N–H and O–H groups in total. The zero-order chi connectivity index (χ0) is 15.1. The van der Waals surface area contributed by atoms with E-state index in [9.17, 15) is 4.39 Å². The first-order valence-corrected chi connectivity index (χ1v) is 7.45. The molecule has 112 valence electrons. The molecule has 0 saturated heterocycles. The van der Waals surface area contributed by atoms with Crippen molar-refractivity contribution < 1.29 is 4.39 Å². The Bertz CT molecular complexity index is 569. The van der Waals surface area contributed by atoms with Crippen molar-refractivity contribution in [3.63, 3.8) is 0 Å². The van der Waals surface area contributed by atoms with Crippen LogP contribution >= 0.6 is 0 Å². The molecule has 0 unspecified atom stereocenters.